The summed E-state index contributed by atoms with van der Waals surface area (Å²) in [5, 5.41) is 3.66. The minimum absolute atomic E-state index is 0.244. The van der Waals surface area contributed by atoms with Gasteiger partial charge in [0.15, 0.2) is 0 Å². The van der Waals surface area contributed by atoms with Gasteiger partial charge in [-0.3, -0.25) is 4.90 Å². The van der Waals surface area contributed by atoms with Crippen LogP contribution in [0, 0.1) is 0 Å². The molecule has 0 spiro atoms. The maximum atomic E-state index is 5.82. The fourth-order valence-electron chi connectivity index (χ4n) is 2.57. The zero-order chi connectivity index (χ0) is 14.4. The van der Waals surface area contributed by atoms with Crippen LogP contribution in [-0.4, -0.2) is 43.2 Å². The number of halogens is 1. The first-order valence-electron chi connectivity index (χ1n) is 7.47. The van der Waals surface area contributed by atoms with E-state index in [2.05, 4.69) is 40.0 Å². The van der Waals surface area contributed by atoms with E-state index < -0.39 is 0 Å². The van der Waals surface area contributed by atoms with E-state index in [1.54, 1.807) is 0 Å². The van der Waals surface area contributed by atoms with Crippen molar-refractivity contribution in [2.45, 2.75) is 32.2 Å². The maximum Gasteiger partial charge on any atom is 0.119 e. The Balaban J connectivity index is 1.79. The van der Waals surface area contributed by atoms with Gasteiger partial charge in [0.1, 0.15) is 12.4 Å². The molecule has 1 heterocycles. The molecule has 1 aromatic rings. The molecule has 0 bridgehead atoms. The minimum Gasteiger partial charge on any atom is -0.492 e. The largest absolute Gasteiger partial charge is 0.492 e. The molecule has 1 atom stereocenters. The third-order valence-corrected chi connectivity index (χ3v) is 4.57. The number of nitrogens with zero attached hydrogens (tertiary/aromatic N) is 1. The molecular formula is C16H25BrN2O. The SMILES string of the molecule is CCC1(C)CN(CCOc2ccc(Br)cc2)CCCN1. The number of rotatable bonds is 5. The van der Waals surface area contributed by atoms with Gasteiger partial charge in [-0.1, -0.05) is 22.9 Å². The lowest BCUT2D eigenvalue weighted by Gasteiger charge is -2.32. The predicted molar refractivity (Wildman–Crippen MR) is 87.4 cm³/mol. The Bertz CT molecular complexity index is 409. The van der Waals surface area contributed by atoms with E-state index in [0.717, 1.165) is 49.4 Å². The number of ether oxygens (including phenoxy) is 1. The molecular weight excluding hydrogens is 316 g/mol. The summed E-state index contributed by atoms with van der Waals surface area (Å²) in [6.45, 7) is 9.71. The van der Waals surface area contributed by atoms with Crippen LogP contribution in [0.4, 0.5) is 0 Å². The van der Waals surface area contributed by atoms with Gasteiger partial charge in [0.05, 0.1) is 0 Å². The summed E-state index contributed by atoms with van der Waals surface area (Å²) in [5.41, 5.74) is 0.244. The first-order chi connectivity index (χ1) is 9.61. The van der Waals surface area contributed by atoms with Crippen molar-refractivity contribution in [1.82, 2.24) is 10.2 Å². The van der Waals surface area contributed by atoms with Gasteiger partial charge in [-0.2, -0.15) is 0 Å². The molecule has 3 nitrogen and oxygen atoms in total. The van der Waals surface area contributed by atoms with Crippen LogP contribution in [0.25, 0.3) is 0 Å². The van der Waals surface area contributed by atoms with Gasteiger partial charge >= 0.3 is 0 Å². The van der Waals surface area contributed by atoms with Crippen molar-refractivity contribution in [3.8, 4) is 5.75 Å². The van der Waals surface area contributed by atoms with E-state index >= 15 is 0 Å². The molecule has 1 aliphatic rings. The molecule has 1 aliphatic heterocycles. The Morgan fingerprint density at radius 3 is 2.80 bits per heavy atom. The smallest absolute Gasteiger partial charge is 0.119 e. The average Bonchev–Trinajstić information content (AvgIpc) is 2.64. The van der Waals surface area contributed by atoms with Crippen LogP contribution in [0.15, 0.2) is 28.7 Å². The molecule has 1 N–H and O–H groups in total. The molecule has 4 heteroatoms. The van der Waals surface area contributed by atoms with Crippen LogP contribution in [0.3, 0.4) is 0 Å². The molecule has 0 radical (unpaired) electrons. The average molecular weight is 341 g/mol. The summed E-state index contributed by atoms with van der Waals surface area (Å²) in [6.07, 6.45) is 2.38. The number of hydrogen-bond donors (Lipinski definition) is 1. The Hall–Kier alpha value is -0.580. The highest BCUT2D eigenvalue weighted by molar-refractivity contribution is 9.10. The van der Waals surface area contributed by atoms with E-state index in [9.17, 15) is 0 Å². The van der Waals surface area contributed by atoms with E-state index in [1.807, 2.05) is 24.3 Å². The third kappa shape index (κ3) is 4.76. The van der Waals surface area contributed by atoms with E-state index in [-0.39, 0.29) is 5.54 Å². The maximum absolute atomic E-state index is 5.82. The van der Waals surface area contributed by atoms with Crippen molar-refractivity contribution in [2.24, 2.45) is 0 Å². The first-order valence-corrected chi connectivity index (χ1v) is 8.26. The summed E-state index contributed by atoms with van der Waals surface area (Å²) in [7, 11) is 0. The van der Waals surface area contributed by atoms with Gasteiger partial charge in [0, 0.05) is 23.1 Å². The number of hydrogen-bond acceptors (Lipinski definition) is 3. The second kappa shape index (κ2) is 7.43. The van der Waals surface area contributed by atoms with Gasteiger partial charge in [-0.05, 0) is 57.1 Å². The van der Waals surface area contributed by atoms with Crippen LogP contribution >= 0.6 is 15.9 Å². The lowest BCUT2D eigenvalue weighted by atomic mass is 9.99. The van der Waals surface area contributed by atoms with Crippen LogP contribution < -0.4 is 10.1 Å². The van der Waals surface area contributed by atoms with Crippen LogP contribution in [0.2, 0.25) is 0 Å². The van der Waals surface area contributed by atoms with Crippen LogP contribution in [-0.2, 0) is 0 Å². The summed E-state index contributed by atoms with van der Waals surface area (Å²) < 4.78 is 6.91. The second-order valence-electron chi connectivity index (χ2n) is 5.77. The van der Waals surface area contributed by atoms with Gasteiger partial charge in [-0.25, -0.2) is 0 Å². The highest BCUT2D eigenvalue weighted by Crippen LogP contribution is 2.17. The standard InChI is InChI=1S/C16H25BrN2O/c1-3-16(2)13-19(10-4-9-18-16)11-12-20-15-7-5-14(17)6-8-15/h5-8,18H,3-4,9-13H2,1-2H3. The first kappa shape index (κ1) is 15.8. The van der Waals surface area contributed by atoms with Crippen molar-refractivity contribution in [3.05, 3.63) is 28.7 Å². The molecule has 2 rings (SSSR count). The number of benzene rings is 1. The molecule has 0 saturated carbocycles. The van der Waals surface area contributed by atoms with Crippen molar-refractivity contribution in [3.63, 3.8) is 0 Å². The van der Waals surface area contributed by atoms with Gasteiger partial charge in [0.2, 0.25) is 0 Å². The minimum atomic E-state index is 0.244. The fourth-order valence-corrected chi connectivity index (χ4v) is 2.84. The Kier molecular flexibility index (Phi) is 5.87. The lowest BCUT2D eigenvalue weighted by molar-refractivity contribution is 0.178. The van der Waals surface area contributed by atoms with E-state index in [0.29, 0.717) is 0 Å². The van der Waals surface area contributed by atoms with Gasteiger partial charge in [0.25, 0.3) is 0 Å². The summed E-state index contributed by atoms with van der Waals surface area (Å²) >= 11 is 3.43. The molecule has 1 unspecified atom stereocenters. The lowest BCUT2D eigenvalue weighted by Crippen LogP contribution is -2.49. The van der Waals surface area contributed by atoms with Crippen LogP contribution in [0.1, 0.15) is 26.7 Å². The quantitative estimate of drug-likeness (QED) is 0.889. The van der Waals surface area contributed by atoms with E-state index in [4.69, 9.17) is 4.74 Å². The summed E-state index contributed by atoms with van der Waals surface area (Å²) in [4.78, 5) is 2.52. The Morgan fingerprint density at radius 1 is 1.35 bits per heavy atom. The van der Waals surface area contributed by atoms with E-state index in [1.165, 1.54) is 6.42 Å². The Morgan fingerprint density at radius 2 is 2.10 bits per heavy atom. The van der Waals surface area contributed by atoms with Crippen LogP contribution in [0.5, 0.6) is 5.75 Å². The molecule has 0 aliphatic carbocycles. The second-order valence-corrected chi connectivity index (χ2v) is 6.69. The van der Waals surface area contributed by atoms with Crippen molar-refractivity contribution in [2.75, 3.05) is 32.8 Å². The summed E-state index contributed by atoms with van der Waals surface area (Å²) in [5.74, 6) is 0.944. The predicted octanol–water partition coefficient (Wildman–Crippen LogP) is 3.29. The third-order valence-electron chi connectivity index (χ3n) is 4.05. The monoisotopic (exact) mass is 340 g/mol. The molecule has 1 aromatic carbocycles. The molecule has 1 fully saturated rings. The summed E-state index contributed by atoms with van der Waals surface area (Å²) in [6, 6.07) is 8.03. The van der Waals surface area contributed by atoms with Crippen molar-refractivity contribution in [1.29, 1.82) is 0 Å². The normalized spacial score (nSPS) is 24.4. The number of nitrogens with one attached hydrogen (secondary N) is 1. The zero-order valence-electron chi connectivity index (χ0n) is 12.5. The molecule has 1 saturated heterocycles. The molecule has 20 heavy (non-hydrogen) atoms. The molecule has 0 amide bonds. The van der Waals surface area contributed by atoms with Crippen molar-refractivity contribution >= 4 is 15.9 Å². The highest BCUT2D eigenvalue weighted by Gasteiger charge is 2.26. The topological polar surface area (TPSA) is 24.5 Å². The fraction of sp³-hybridized carbons (Fsp3) is 0.625. The Labute approximate surface area is 130 Å². The van der Waals surface area contributed by atoms with Crippen molar-refractivity contribution < 1.29 is 4.74 Å². The highest BCUT2D eigenvalue weighted by atomic mass is 79.9. The van der Waals surface area contributed by atoms with Gasteiger partial charge in [-0.15, -0.1) is 0 Å². The zero-order valence-corrected chi connectivity index (χ0v) is 14.1. The molecule has 0 aromatic heterocycles. The van der Waals surface area contributed by atoms with Gasteiger partial charge < -0.3 is 10.1 Å². The molecule has 112 valence electrons.